The Morgan fingerprint density at radius 1 is 1.14 bits per heavy atom. The molecule has 2 aliphatic heterocycles. The summed E-state index contributed by atoms with van der Waals surface area (Å²) in [6.45, 7) is 7.31. The zero-order valence-corrected chi connectivity index (χ0v) is 21.9. The van der Waals surface area contributed by atoms with E-state index in [1.54, 1.807) is 6.07 Å². The normalized spacial score (nSPS) is 20.5. The molecule has 190 valence electrons. The van der Waals surface area contributed by atoms with Crippen LogP contribution in [-0.4, -0.2) is 44.4 Å². The minimum atomic E-state index is -3.70. The Balaban J connectivity index is 1.64. The first kappa shape index (κ1) is 25.5. The van der Waals surface area contributed by atoms with Crippen molar-refractivity contribution in [2.24, 2.45) is 5.92 Å². The lowest BCUT2D eigenvalue weighted by Gasteiger charge is -2.41. The van der Waals surface area contributed by atoms with Crippen LogP contribution in [-0.2, 0) is 10.0 Å². The van der Waals surface area contributed by atoms with Crippen LogP contribution in [0.2, 0.25) is 0 Å². The van der Waals surface area contributed by atoms with E-state index in [4.69, 9.17) is 9.47 Å². The fourth-order valence-electron chi connectivity index (χ4n) is 5.07. The van der Waals surface area contributed by atoms with E-state index in [-0.39, 0.29) is 28.0 Å². The van der Waals surface area contributed by atoms with Crippen molar-refractivity contribution in [3.63, 3.8) is 0 Å². The molecule has 0 radical (unpaired) electrons. The monoisotopic (exact) mass is 500 g/mol. The average Bonchev–Trinajstić information content (AvgIpc) is 2.88. The van der Waals surface area contributed by atoms with Gasteiger partial charge in [0, 0.05) is 25.1 Å². The molecule has 0 bridgehead atoms. The Labute approximate surface area is 208 Å². The van der Waals surface area contributed by atoms with Crippen molar-refractivity contribution >= 4 is 15.9 Å². The molecule has 0 aromatic heterocycles. The highest BCUT2D eigenvalue weighted by atomic mass is 32.2. The molecule has 0 saturated carbocycles. The maximum Gasteiger partial charge on any atom is 0.255 e. The number of ether oxygens (including phenoxy) is 2. The van der Waals surface area contributed by atoms with Crippen LogP contribution in [0.5, 0.6) is 11.5 Å². The zero-order chi connectivity index (χ0) is 25.2. The lowest BCUT2D eigenvalue weighted by atomic mass is 9.83. The standard InChI is InChI=1S/C27H36N2O5S/c1-5-27(6-2)18-23(21-9-7-8-10-25(21)34-27)28-26(30)22-17-20(11-12-24(22)33-4)35(31,32)29-15-13-19(3)14-16-29/h7-12,17,19,23H,5-6,13-16,18H2,1-4H3,(H,28,30)/t23-/m0/s1. The highest BCUT2D eigenvalue weighted by molar-refractivity contribution is 7.89. The molecule has 1 N–H and O–H groups in total. The first-order chi connectivity index (χ1) is 16.7. The van der Waals surface area contributed by atoms with Crippen LogP contribution in [0.1, 0.15) is 74.8 Å². The van der Waals surface area contributed by atoms with Crippen LogP contribution >= 0.6 is 0 Å². The molecule has 2 heterocycles. The summed E-state index contributed by atoms with van der Waals surface area (Å²) in [5.74, 6) is 1.26. The van der Waals surface area contributed by atoms with Gasteiger partial charge in [0.1, 0.15) is 17.1 Å². The van der Waals surface area contributed by atoms with Crippen molar-refractivity contribution in [1.29, 1.82) is 0 Å². The maximum absolute atomic E-state index is 13.5. The Hall–Kier alpha value is -2.58. The predicted octanol–water partition coefficient (Wildman–Crippen LogP) is 4.93. The van der Waals surface area contributed by atoms with Gasteiger partial charge in [0.05, 0.1) is 23.6 Å². The van der Waals surface area contributed by atoms with E-state index in [0.717, 1.165) is 37.0 Å². The molecule has 1 atom stereocenters. The smallest absolute Gasteiger partial charge is 0.255 e. The lowest BCUT2D eigenvalue weighted by molar-refractivity contribution is 0.0227. The van der Waals surface area contributed by atoms with E-state index in [9.17, 15) is 13.2 Å². The first-order valence-corrected chi connectivity index (χ1v) is 13.9. The summed E-state index contributed by atoms with van der Waals surface area (Å²) in [6.07, 6.45) is 3.94. The highest BCUT2D eigenvalue weighted by Crippen LogP contribution is 2.43. The minimum Gasteiger partial charge on any atom is -0.496 e. The number of carbonyl (C=O) groups is 1. The molecule has 0 unspecified atom stereocenters. The van der Waals surface area contributed by atoms with Gasteiger partial charge >= 0.3 is 0 Å². The summed E-state index contributed by atoms with van der Waals surface area (Å²) in [5.41, 5.74) is 0.762. The third-order valence-corrected chi connectivity index (χ3v) is 9.48. The van der Waals surface area contributed by atoms with Gasteiger partial charge in [0.25, 0.3) is 5.91 Å². The first-order valence-electron chi connectivity index (χ1n) is 12.5. The molecule has 1 amide bonds. The quantitative estimate of drug-likeness (QED) is 0.583. The summed E-state index contributed by atoms with van der Waals surface area (Å²) >= 11 is 0. The van der Waals surface area contributed by atoms with Crippen LogP contribution in [0.25, 0.3) is 0 Å². The van der Waals surface area contributed by atoms with Crippen molar-refractivity contribution in [2.45, 2.75) is 69.4 Å². The van der Waals surface area contributed by atoms with Gasteiger partial charge in [-0.2, -0.15) is 4.31 Å². The number of hydrogen-bond acceptors (Lipinski definition) is 5. The third kappa shape index (κ3) is 5.05. The van der Waals surface area contributed by atoms with Crippen LogP contribution in [0.3, 0.4) is 0 Å². The minimum absolute atomic E-state index is 0.113. The number of sulfonamides is 1. The molecule has 8 heteroatoms. The van der Waals surface area contributed by atoms with Gasteiger partial charge in [0.2, 0.25) is 10.0 Å². The van der Waals surface area contributed by atoms with Gasteiger partial charge in [-0.25, -0.2) is 8.42 Å². The number of fused-ring (bicyclic) bond motifs is 1. The molecule has 2 aromatic carbocycles. The second-order valence-electron chi connectivity index (χ2n) is 9.71. The molecule has 0 spiro atoms. The van der Waals surface area contributed by atoms with Crippen LogP contribution in [0.4, 0.5) is 0 Å². The SMILES string of the molecule is CCC1(CC)C[C@H](NC(=O)c2cc(S(=O)(=O)N3CCC(C)CC3)ccc2OC)c2ccccc2O1. The van der Waals surface area contributed by atoms with Crippen molar-refractivity contribution in [3.05, 3.63) is 53.6 Å². The van der Waals surface area contributed by atoms with E-state index in [2.05, 4.69) is 26.1 Å². The van der Waals surface area contributed by atoms with E-state index in [0.29, 0.717) is 31.2 Å². The summed E-state index contributed by atoms with van der Waals surface area (Å²) in [5, 5.41) is 3.15. The molecular weight excluding hydrogens is 464 g/mol. The van der Waals surface area contributed by atoms with Gasteiger partial charge < -0.3 is 14.8 Å². The number of carbonyl (C=O) groups excluding carboxylic acids is 1. The summed E-state index contributed by atoms with van der Waals surface area (Å²) < 4.78 is 40.0. The third-order valence-electron chi connectivity index (χ3n) is 7.59. The molecule has 0 aliphatic carbocycles. The fraction of sp³-hybridized carbons (Fsp3) is 0.519. The Kier molecular flexibility index (Phi) is 7.43. The average molecular weight is 501 g/mol. The number of hydrogen-bond donors (Lipinski definition) is 1. The van der Waals surface area contributed by atoms with E-state index in [1.165, 1.54) is 23.5 Å². The maximum atomic E-state index is 13.5. The van der Waals surface area contributed by atoms with E-state index < -0.39 is 10.0 Å². The van der Waals surface area contributed by atoms with Crippen molar-refractivity contribution in [2.75, 3.05) is 20.2 Å². The van der Waals surface area contributed by atoms with Crippen LogP contribution < -0.4 is 14.8 Å². The van der Waals surface area contributed by atoms with Crippen molar-refractivity contribution in [1.82, 2.24) is 9.62 Å². The molecule has 2 aromatic rings. The molecule has 1 fully saturated rings. The lowest BCUT2D eigenvalue weighted by Crippen LogP contribution is -2.44. The van der Waals surface area contributed by atoms with Crippen LogP contribution in [0.15, 0.2) is 47.4 Å². The van der Waals surface area contributed by atoms with Gasteiger partial charge in [-0.3, -0.25) is 4.79 Å². The van der Waals surface area contributed by atoms with Gasteiger partial charge in [0.15, 0.2) is 0 Å². The molecule has 1 saturated heterocycles. The summed E-state index contributed by atoms with van der Waals surface area (Å²) in [4.78, 5) is 13.7. The van der Waals surface area contributed by atoms with Crippen LogP contribution in [0, 0.1) is 5.92 Å². The number of piperidine rings is 1. The van der Waals surface area contributed by atoms with Crippen molar-refractivity contribution in [3.8, 4) is 11.5 Å². The van der Waals surface area contributed by atoms with E-state index in [1.807, 2.05) is 24.3 Å². The topological polar surface area (TPSA) is 84.9 Å². The van der Waals surface area contributed by atoms with Crippen molar-refractivity contribution < 1.29 is 22.7 Å². The fourth-order valence-corrected chi connectivity index (χ4v) is 6.56. The number of amides is 1. The Bertz CT molecular complexity index is 1170. The molecule has 2 aliphatic rings. The molecule has 35 heavy (non-hydrogen) atoms. The number of nitrogens with zero attached hydrogens (tertiary/aromatic N) is 1. The summed E-state index contributed by atoms with van der Waals surface area (Å²) in [7, 11) is -2.22. The predicted molar refractivity (Wildman–Crippen MR) is 135 cm³/mol. The highest BCUT2D eigenvalue weighted by Gasteiger charge is 2.39. The number of nitrogens with one attached hydrogen (secondary N) is 1. The molecular formula is C27H36N2O5S. The molecule has 4 rings (SSSR count). The number of benzene rings is 2. The van der Waals surface area contributed by atoms with E-state index >= 15 is 0 Å². The van der Waals surface area contributed by atoms with Gasteiger partial charge in [-0.1, -0.05) is 39.0 Å². The summed E-state index contributed by atoms with van der Waals surface area (Å²) in [6, 6.07) is 12.0. The zero-order valence-electron chi connectivity index (χ0n) is 21.0. The van der Waals surface area contributed by atoms with Gasteiger partial charge in [-0.15, -0.1) is 0 Å². The number of para-hydroxylation sites is 1. The second-order valence-corrected chi connectivity index (χ2v) is 11.6. The second kappa shape index (κ2) is 10.2. The largest absolute Gasteiger partial charge is 0.496 e. The number of methoxy groups -OCH3 is 1. The Morgan fingerprint density at radius 2 is 1.83 bits per heavy atom. The van der Waals surface area contributed by atoms with Gasteiger partial charge in [-0.05, 0) is 55.9 Å². The Morgan fingerprint density at radius 3 is 2.49 bits per heavy atom. The molecule has 7 nitrogen and oxygen atoms in total. The number of rotatable bonds is 7.